The van der Waals surface area contributed by atoms with Crippen LogP contribution in [0.2, 0.25) is 5.02 Å². The second kappa shape index (κ2) is 5.00. The summed E-state index contributed by atoms with van der Waals surface area (Å²) in [7, 11) is 0. The number of fused-ring (bicyclic) bond motifs is 1. The highest BCUT2D eigenvalue weighted by molar-refractivity contribution is 6.36. The molecule has 0 spiro atoms. The minimum Gasteiger partial charge on any atom is -0.325 e. The molecule has 3 aromatic rings. The predicted octanol–water partition coefficient (Wildman–Crippen LogP) is 4.01. The van der Waals surface area contributed by atoms with Crippen LogP contribution in [0.4, 0.5) is 0 Å². The summed E-state index contributed by atoms with van der Waals surface area (Å²) in [5, 5.41) is 2.77. The molecule has 3 heteroatoms. The summed E-state index contributed by atoms with van der Waals surface area (Å²) in [6, 6.07) is 16.0. The predicted molar refractivity (Wildman–Crippen MR) is 80.1 cm³/mol. The van der Waals surface area contributed by atoms with Crippen LogP contribution in [0.25, 0.3) is 21.9 Å². The molecule has 0 bridgehead atoms. The fourth-order valence-corrected chi connectivity index (χ4v) is 2.59. The molecule has 0 unspecified atom stereocenters. The number of rotatable bonds is 2. The van der Waals surface area contributed by atoms with E-state index in [0.29, 0.717) is 6.54 Å². The van der Waals surface area contributed by atoms with Gasteiger partial charge in [0.05, 0.1) is 5.69 Å². The molecule has 0 aliphatic rings. The van der Waals surface area contributed by atoms with Crippen molar-refractivity contribution < 1.29 is 0 Å². The molecule has 2 nitrogen and oxygen atoms in total. The van der Waals surface area contributed by atoms with Gasteiger partial charge in [0.15, 0.2) is 0 Å². The van der Waals surface area contributed by atoms with Gasteiger partial charge in [-0.15, -0.1) is 0 Å². The number of nitrogens with zero attached hydrogens (tertiary/aromatic N) is 1. The van der Waals surface area contributed by atoms with Crippen LogP contribution in [0, 0.1) is 0 Å². The summed E-state index contributed by atoms with van der Waals surface area (Å²) in [6.07, 6.45) is 1.85. The van der Waals surface area contributed by atoms with E-state index in [1.54, 1.807) is 0 Å². The molecule has 3 rings (SSSR count). The van der Waals surface area contributed by atoms with Gasteiger partial charge in [0.1, 0.15) is 0 Å². The van der Waals surface area contributed by atoms with E-state index < -0.39 is 0 Å². The van der Waals surface area contributed by atoms with Gasteiger partial charge in [0.25, 0.3) is 0 Å². The van der Waals surface area contributed by atoms with Crippen LogP contribution < -0.4 is 5.73 Å². The molecule has 2 N–H and O–H groups in total. The molecule has 0 radical (unpaired) electrons. The number of hydrogen-bond donors (Lipinski definition) is 1. The van der Waals surface area contributed by atoms with E-state index in [0.717, 1.165) is 32.6 Å². The molecule has 0 saturated carbocycles. The summed E-state index contributed by atoms with van der Waals surface area (Å²) >= 11 is 6.37. The molecular formula is C16H13ClN2. The summed E-state index contributed by atoms with van der Waals surface area (Å²) in [4.78, 5) is 4.46. The Morgan fingerprint density at radius 2 is 1.79 bits per heavy atom. The van der Waals surface area contributed by atoms with E-state index in [2.05, 4.69) is 17.1 Å². The largest absolute Gasteiger partial charge is 0.325 e. The van der Waals surface area contributed by atoms with Crippen LogP contribution in [0.15, 0.2) is 54.7 Å². The van der Waals surface area contributed by atoms with E-state index in [4.69, 9.17) is 17.3 Å². The van der Waals surface area contributed by atoms with Crippen LogP contribution in [-0.4, -0.2) is 4.98 Å². The topological polar surface area (TPSA) is 38.9 Å². The standard InChI is InChI=1S/C16H13ClN2/c17-14-8-4-7-12-15(9-18)19-10-13(16(12)14)11-5-2-1-3-6-11/h1-8,10H,9,18H2. The zero-order valence-electron chi connectivity index (χ0n) is 10.3. The van der Waals surface area contributed by atoms with E-state index in [9.17, 15) is 0 Å². The van der Waals surface area contributed by atoms with Gasteiger partial charge in [-0.25, -0.2) is 0 Å². The lowest BCUT2D eigenvalue weighted by atomic mass is 9.99. The Kier molecular flexibility index (Phi) is 3.20. The van der Waals surface area contributed by atoms with Crippen molar-refractivity contribution in [2.75, 3.05) is 0 Å². The summed E-state index contributed by atoms with van der Waals surface area (Å²) in [5.74, 6) is 0. The number of halogens is 1. The molecular weight excluding hydrogens is 256 g/mol. The van der Waals surface area contributed by atoms with Crippen LogP contribution >= 0.6 is 11.6 Å². The maximum Gasteiger partial charge on any atom is 0.0618 e. The SMILES string of the molecule is NCc1ncc(-c2ccccc2)c2c(Cl)cccc12. The molecule has 1 heterocycles. The average molecular weight is 269 g/mol. The van der Waals surface area contributed by atoms with Crippen molar-refractivity contribution in [3.05, 3.63) is 65.4 Å². The van der Waals surface area contributed by atoms with E-state index in [1.165, 1.54) is 0 Å². The van der Waals surface area contributed by atoms with Crippen molar-refractivity contribution in [3.63, 3.8) is 0 Å². The van der Waals surface area contributed by atoms with Crippen molar-refractivity contribution >= 4 is 22.4 Å². The molecule has 1 aromatic heterocycles. The summed E-state index contributed by atoms with van der Waals surface area (Å²) in [5.41, 5.74) is 8.77. The van der Waals surface area contributed by atoms with E-state index in [1.807, 2.05) is 42.6 Å². The lowest BCUT2D eigenvalue weighted by Crippen LogP contribution is -2.01. The monoisotopic (exact) mass is 268 g/mol. The minimum absolute atomic E-state index is 0.409. The van der Waals surface area contributed by atoms with E-state index in [-0.39, 0.29) is 0 Å². The Bertz CT molecular complexity index is 723. The molecule has 2 aromatic carbocycles. The number of aromatic nitrogens is 1. The first-order chi connectivity index (χ1) is 9.31. The molecule has 0 fully saturated rings. The highest BCUT2D eigenvalue weighted by atomic mass is 35.5. The van der Waals surface area contributed by atoms with Gasteiger partial charge in [-0.2, -0.15) is 0 Å². The zero-order chi connectivity index (χ0) is 13.2. The number of nitrogens with two attached hydrogens (primary N) is 1. The smallest absolute Gasteiger partial charge is 0.0618 e. The normalized spacial score (nSPS) is 10.8. The first kappa shape index (κ1) is 12.2. The van der Waals surface area contributed by atoms with Gasteiger partial charge in [-0.1, -0.05) is 54.1 Å². The van der Waals surface area contributed by atoms with Crippen molar-refractivity contribution in [1.29, 1.82) is 0 Å². The van der Waals surface area contributed by atoms with Gasteiger partial charge in [0, 0.05) is 34.1 Å². The fraction of sp³-hybridized carbons (Fsp3) is 0.0625. The summed E-state index contributed by atoms with van der Waals surface area (Å²) in [6.45, 7) is 0.409. The van der Waals surface area contributed by atoms with E-state index >= 15 is 0 Å². The lowest BCUT2D eigenvalue weighted by molar-refractivity contribution is 1.01. The molecule has 19 heavy (non-hydrogen) atoms. The third kappa shape index (κ3) is 2.09. The molecule has 0 saturated heterocycles. The van der Waals surface area contributed by atoms with Crippen LogP contribution in [0.1, 0.15) is 5.69 Å². The van der Waals surface area contributed by atoms with Crippen molar-refractivity contribution in [2.24, 2.45) is 5.73 Å². The number of benzene rings is 2. The zero-order valence-corrected chi connectivity index (χ0v) is 11.1. The fourth-order valence-electron chi connectivity index (χ4n) is 2.31. The molecule has 0 atom stereocenters. The molecule has 0 amide bonds. The first-order valence-corrected chi connectivity index (χ1v) is 6.50. The second-order valence-electron chi connectivity index (χ2n) is 4.35. The number of pyridine rings is 1. The van der Waals surface area contributed by atoms with Crippen LogP contribution in [0.3, 0.4) is 0 Å². The van der Waals surface area contributed by atoms with Gasteiger partial charge in [-0.3, -0.25) is 4.98 Å². The highest BCUT2D eigenvalue weighted by Crippen LogP contribution is 2.34. The Morgan fingerprint density at radius 1 is 1.00 bits per heavy atom. The summed E-state index contributed by atoms with van der Waals surface area (Å²) < 4.78 is 0. The van der Waals surface area contributed by atoms with Crippen LogP contribution in [-0.2, 0) is 6.54 Å². The Morgan fingerprint density at radius 3 is 2.53 bits per heavy atom. The van der Waals surface area contributed by atoms with Crippen molar-refractivity contribution in [3.8, 4) is 11.1 Å². The Labute approximate surface area is 116 Å². The molecule has 0 aliphatic carbocycles. The van der Waals surface area contributed by atoms with Crippen molar-refractivity contribution in [2.45, 2.75) is 6.54 Å². The van der Waals surface area contributed by atoms with Gasteiger partial charge in [-0.05, 0) is 11.6 Å². The number of hydrogen-bond acceptors (Lipinski definition) is 2. The Balaban J connectivity index is 2.39. The van der Waals surface area contributed by atoms with Gasteiger partial charge < -0.3 is 5.73 Å². The Hall–Kier alpha value is -1.90. The second-order valence-corrected chi connectivity index (χ2v) is 4.76. The van der Waals surface area contributed by atoms with Crippen molar-refractivity contribution in [1.82, 2.24) is 4.98 Å². The first-order valence-electron chi connectivity index (χ1n) is 6.13. The van der Waals surface area contributed by atoms with Crippen LogP contribution in [0.5, 0.6) is 0 Å². The lowest BCUT2D eigenvalue weighted by Gasteiger charge is -2.11. The minimum atomic E-state index is 0.409. The van der Waals surface area contributed by atoms with Gasteiger partial charge >= 0.3 is 0 Å². The molecule has 0 aliphatic heterocycles. The maximum atomic E-state index is 6.37. The average Bonchev–Trinajstić information content (AvgIpc) is 2.47. The third-order valence-corrected chi connectivity index (χ3v) is 3.54. The highest BCUT2D eigenvalue weighted by Gasteiger charge is 2.10. The maximum absolute atomic E-state index is 6.37. The quantitative estimate of drug-likeness (QED) is 0.763. The molecule has 94 valence electrons. The third-order valence-electron chi connectivity index (χ3n) is 3.22. The van der Waals surface area contributed by atoms with Gasteiger partial charge in [0.2, 0.25) is 0 Å².